The average Bonchev–Trinajstić information content (AvgIpc) is 2.97. The predicted molar refractivity (Wildman–Crippen MR) is 64.7 cm³/mol. The SMILES string of the molecule is Nc1nc(NC2CC2)cc(N2CCCC2=O)n1. The number of carbonyl (C=O) groups excluding carboxylic acids is 1. The Hall–Kier alpha value is -1.85. The summed E-state index contributed by atoms with van der Waals surface area (Å²) in [6, 6.07) is 2.31. The third-order valence-corrected chi connectivity index (χ3v) is 3.01. The summed E-state index contributed by atoms with van der Waals surface area (Å²) in [5.41, 5.74) is 5.67. The molecule has 90 valence electrons. The van der Waals surface area contributed by atoms with Crippen molar-refractivity contribution in [3.63, 3.8) is 0 Å². The van der Waals surface area contributed by atoms with Gasteiger partial charge in [-0.1, -0.05) is 0 Å². The van der Waals surface area contributed by atoms with Gasteiger partial charge in [-0.25, -0.2) is 0 Å². The van der Waals surface area contributed by atoms with Gasteiger partial charge in [-0.3, -0.25) is 9.69 Å². The second-order valence-corrected chi connectivity index (χ2v) is 4.54. The number of nitrogens with two attached hydrogens (primary N) is 1. The van der Waals surface area contributed by atoms with Crippen LogP contribution in [-0.4, -0.2) is 28.5 Å². The highest BCUT2D eigenvalue weighted by molar-refractivity contribution is 5.94. The molecular formula is C11H15N5O. The van der Waals surface area contributed by atoms with Crippen molar-refractivity contribution in [2.75, 3.05) is 22.5 Å². The normalized spacial score (nSPS) is 19.8. The summed E-state index contributed by atoms with van der Waals surface area (Å²) < 4.78 is 0. The molecule has 0 unspecified atom stereocenters. The number of nitrogen functional groups attached to an aromatic ring is 1. The summed E-state index contributed by atoms with van der Waals surface area (Å²) in [7, 11) is 0. The molecule has 3 N–H and O–H groups in total. The van der Waals surface area contributed by atoms with E-state index in [1.54, 1.807) is 11.0 Å². The van der Waals surface area contributed by atoms with Crippen LogP contribution in [0, 0.1) is 0 Å². The van der Waals surface area contributed by atoms with Crippen LogP contribution < -0.4 is 16.0 Å². The lowest BCUT2D eigenvalue weighted by Crippen LogP contribution is -2.25. The standard InChI is InChI=1S/C11H15N5O/c12-11-14-8(13-7-3-4-7)6-9(15-11)16-5-1-2-10(16)17/h6-7H,1-5H2,(H3,12,13,14,15). The summed E-state index contributed by atoms with van der Waals surface area (Å²) in [4.78, 5) is 21.6. The molecule has 0 atom stereocenters. The zero-order valence-electron chi connectivity index (χ0n) is 9.52. The molecule has 3 rings (SSSR count). The van der Waals surface area contributed by atoms with Crippen LogP contribution in [0.5, 0.6) is 0 Å². The molecule has 0 radical (unpaired) electrons. The summed E-state index contributed by atoms with van der Waals surface area (Å²) in [5.74, 6) is 1.66. The number of anilines is 3. The van der Waals surface area contributed by atoms with Crippen LogP contribution in [0.4, 0.5) is 17.6 Å². The second-order valence-electron chi connectivity index (χ2n) is 4.54. The van der Waals surface area contributed by atoms with E-state index in [9.17, 15) is 4.79 Å². The predicted octanol–water partition coefficient (Wildman–Crippen LogP) is 0.760. The van der Waals surface area contributed by atoms with E-state index in [-0.39, 0.29) is 11.9 Å². The van der Waals surface area contributed by atoms with Crippen LogP contribution in [0.1, 0.15) is 25.7 Å². The molecule has 0 aromatic carbocycles. The molecule has 2 aliphatic rings. The van der Waals surface area contributed by atoms with Gasteiger partial charge < -0.3 is 11.1 Å². The van der Waals surface area contributed by atoms with E-state index in [4.69, 9.17) is 5.73 Å². The molecule has 1 aromatic rings. The molecule has 1 aliphatic heterocycles. The maximum absolute atomic E-state index is 11.6. The fourth-order valence-electron chi connectivity index (χ4n) is 1.99. The average molecular weight is 233 g/mol. The van der Waals surface area contributed by atoms with E-state index in [2.05, 4.69) is 15.3 Å². The first-order valence-corrected chi connectivity index (χ1v) is 5.94. The van der Waals surface area contributed by atoms with Gasteiger partial charge >= 0.3 is 0 Å². The number of aromatic nitrogens is 2. The Morgan fingerprint density at radius 1 is 1.41 bits per heavy atom. The molecule has 1 aliphatic carbocycles. The van der Waals surface area contributed by atoms with Crippen molar-refractivity contribution < 1.29 is 4.79 Å². The van der Waals surface area contributed by atoms with E-state index in [1.807, 2.05) is 0 Å². The van der Waals surface area contributed by atoms with E-state index in [0.717, 1.165) is 18.8 Å². The number of hydrogen-bond acceptors (Lipinski definition) is 5. The van der Waals surface area contributed by atoms with Crippen LogP contribution in [0.3, 0.4) is 0 Å². The molecule has 1 aromatic heterocycles. The van der Waals surface area contributed by atoms with Gasteiger partial charge in [0.1, 0.15) is 11.6 Å². The Morgan fingerprint density at radius 3 is 2.88 bits per heavy atom. The Morgan fingerprint density at radius 2 is 2.24 bits per heavy atom. The van der Waals surface area contributed by atoms with Crippen molar-refractivity contribution in [1.29, 1.82) is 0 Å². The fraction of sp³-hybridized carbons (Fsp3) is 0.545. The largest absolute Gasteiger partial charge is 0.368 e. The van der Waals surface area contributed by atoms with Gasteiger partial charge in [-0.15, -0.1) is 0 Å². The molecular weight excluding hydrogens is 218 g/mol. The number of carbonyl (C=O) groups is 1. The molecule has 1 amide bonds. The molecule has 17 heavy (non-hydrogen) atoms. The molecule has 1 saturated carbocycles. The summed E-state index contributed by atoms with van der Waals surface area (Å²) in [6.07, 6.45) is 3.81. The molecule has 1 saturated heterocycles. The first kappa shape index (κ1) is 10.3. The monoisotopic (exact) mass is 233 g/mol. The number of rotatable bonds is 3. The Bertz CT molecular complexity index is 457. The highest BCUT2D eigenvalue weighted by Crippen LogP contribution is 2.27. The summed E-state index contributed by atoms with van der Waals surface area (Å²) in [6.45, 7) is 0.720. The smallest absolute Gasteiger partial charge is 0.228 e. The van der Waals surface area contributed by atoms with Gasteiger partial charge in [0.05, 0.1) is 0 Å². The third kappa shape index (κ3) is 2.15. The molecule has 2 heterocycles. The van der Waals surface area contributed by atoms with Crippen molar-refractivity contribution in [1.82, 2.24) is 9.97 Å². The molecule has 0 bridgehead atoms. The minimum absolute atomic E-state index is 0.112. The highest BCUT2D eigenvalue weighted by atomic mass is 16.2. The minimum Gasteiger partial charge on any atom is -0.368 e. The molecule has 2 fully saturated rings. The van der Waals surface area contributed by atoms with Crippen LogP contribution in [0.2, 0.25) is 0 Å². The number of amides is 1. The zero-order valence-corrected chi connectivity index (χ0v) is 9.52. The Kier molecular flexibility index (Phi) is 2.35. The van der Waals surface area contributed by atoms with Gasteiger partial charge in [0.2, 0.25) is 11.9 Å². The van der Waals surface area contributed by atoms with Crippen LogP contribution >= 0.6 is 0 Å². The van der Waals surface area contributed by atoms with Crippen LogP contribution in [0.15, 0.2) is 6.07 Å². The lowest BCUT2D eigenvalue weighted by molar-refractivity contribution is -0.117. The van der Waals surface area contributed by atoms with Crippen molar-refractivity contribution in [2.45, 2.75) is 31.7 Å². The number of hydrogen-bond donors (Lipinski definition) is 2. The van der Waals surface area contributed by atoms with Gasteiger partial charge in [-0.2, -0.15) is 9.97 Å². The maximum atomic E-state index is 11.6. The van der Waals surface area contributed by atoms with E-state index in [1.165, 1.54) is 12.8 Å². The first-order valence-electron chi connectivity index (χ1n) is 5.94. The van der Waals surface area contributed by atoms with Gasteiger partial charge in [0, 0.05) is 25.1 Å². The van der Waals surface area contributed by atoms with Crippen LogP contribution in [0.25, 0.3) is 0 Å². The van der Waals surface area contributed by atoms with Crippen molar-refractivity contribution in [3.05, 3.63) is 6.07 Å². The van der Waals surface area contributed by atoms with Gasteiger partial charge in [0.25, 0.3) is 0 Å². The van der Waals surface area contributed by atoms with E-state index < -0.39 is 0 Å². The second kappa shape index (κ2) is 3.87. The van der Waals surface area contributed by atoms with E-state index in [0.29, 0.717) is 18.3 Å². The summed E-state index contributed by atoms with van der Waals surface area (Å²) in [5, 5.41) is 3.27. The number of nitrogens with one attached hydrogen (secondary N) is 1. The van der Waals surface area contributed by atoms with Crippen molar-refractivity contribution in [2.24, 2.45) is 0 Å². The minimum atomic E-state index is 0.112. The number of nitrogens with zero attached hydrogens (tertiary/aromatic N) is 3. The van der Waals surface area contributed by atoms with Gasteiger partial charge in [0.15, 0.2) is 0 Å². The Labute approximate surface area is 99.2 Å². The highest BCUT2D eigenvalue weighted by Gasteiger charge is 2.25. The molecule has 6 nitrogen and oxygen atoms in total. The maximum Gasteiger partial charge on any atom is 0.228 e. The van der Waals surface area contributed by atoms with Crippen molar-refractivity contribution >= 4 is 23.5 Å². The topological polar surface area (TPSA) is 84.1 Å². The fourth-order valence-corrected chi connectivity index (χ4v) is 1.99. The third-order valence-electron chi connectivity index (χ3n) is 3.01. The van der Waals surface area contributed by atoms with Crippen LogP contribution in [-0.2, 0) is 4.79 Å². The lowest BCUT2D eigenvalue weighted by Gasteiger charge is -2.15. The van der Waals surface area contributed by atoms with Crippen molar-refractivity contribution in [3.8, 4) is 0 Å². The molecule has 6 heteroatoms. The molecule has 0 spiro atoms. The summed E-state index contributed by atoms with van der Waals surface area (Å²) >= 11 is 0. The first-order chi connectivity index (χ1) is 8.22. The van der Waals surface area contributed by atoms with E-state index >= 15 is 0 Å². The Balaban J connectivity index is 1.87. The zero-order chi connectivity index (χ0) is 11.8. The quantitative estimate of drug-likeness (QED) is 0.805. The van der Waals surface area contributed by atoms with Gasteiger partial charge in [-0.05, 0) is 19.3 Å². The lowest BCUT2D eigenvalue weighted by atomic mass is 10.4.